The standard InChI is InChI=1S/C16H23BrN2/c1-5-13(9-18)10-19-11-16(3,4)15-8-14(17)7-6-12(15)2/h6-8,13,19H,5,10-11H2,1-4H3. The highest BCUT2D eigenvalue weighted by Gasteiger charge is 2.22. The maximum atomic E-state index is 8.96. The number of aryl methyl sites for hydroxylation is 1. The first-order valence-electron chi connectivity index (χ1n) is 6.77. The Balaban J connectivity index is 2.70. The zero-order chi connectivity index (χ0) is 14.5. The van der Waals surface area contributed by atoms with Gasteiger partial charge in [-0.05, 0) is 36.6 Å². The lowest BCUT2D eigenvalue weighted by molar-refractivity contribution is 0.443. The second-order valence-electron chi connectivity index (χ2n) is 5.71. The molecule has 1 aromatic carbocycles. The van der Waals surface area contributed by atoms with Crippen LogP contribution in [-0.4, -0.2) is 13.1 Å². The first-order chi connectivity index (χ1) is 8.90. The third-order valence-corrected chi connectivity index (χ3v) is 4.06. The summed E-state index contributed by atoms with van der Waals surface area (Å²) in [5.74, 6) is 0.111. The maximum Gasteiger partial charge on any atom is 0.0669 e. The molecule has 104 valence electrons. The van der Waals surface area contributed by atoms with Crippen LogP contribution in [0.3, 0.4) is 0 Å². The maximum absolute atomic E-state index is 8.96. The van der Waals surface area contributed by atoms with Crippen LogP contribution in [0.1, 0.15) is 38.3 Å². The van der Waals surface area contributed by atoms with E-state index in [4.69, 9.17) is 5.26 Å². The average molecular weight is 323 g/mol. The Morgan fingerprint density at radius 2 is 2.11 bits per heavy atom. The summed E-state index contributed by atoms with van der Waals surface area (Å²) in [6.07, 6.45) is 0.903. The van der Waals surface area contributed by atoms with Crippen molar-refractivity contribution in [1.29, 1.82) is 5.26 Å². The third kappa shape index (κ3) is 4.63. The summed E-state index contributed by atoms with van der Waals surface area (Å²) in [6, 6.07) is 8.74. The fraction of sp³-hybridized carbons (Fsp3) is 0.562. The summed E-state index contributed by atoms with van der Waals surface area (Å²) >= 11 is 3.54. The zero-order valence-corrected chi connectivity index (χ0v) is 13.8. The van der Waals surface area contributed by atoms with Crippen LogP contribution in [-0.2, 0) is 5.41 Å². The van der Waals surface area contributed by atoms with Gasteiger partial charge in [0.1, 0.15) is 0 Å². The van der Waals surface area contributed by atoms with Gasteiger partial charge < -0.3 is 5.32 Å². The van der Waals surface area contributed by atoms with Crippen molar-refractivity contribution >= 4 is 15.9 Å². The molecule has 1 atom stereocenters. The van der Waals surface area contributed by atoms with E-state index in [2.05, 4.69) is 73.2 Å². The third-order valence-electron chi connectivity index (χ3n) is 3.56. The van der Waals surface area contributed by atoms with Crippen molar-refractivity contribution in [2.24, 2.45) is 5.92 Å². The normalized spacial score (nSPS) is 13.1. The second kappa shape index (κ2) is 7.07. The molecule has 0 heterocycles. The molecule has 0 saturated carbocycles. The Hall–Kier alpha value is -0.850. The number of halogens is 1. The number of hydrogen-bond donors (Lipinski definition) is 1. The van der Waals surface area contributed by atoms with Gasteiger partial charge in [0.15, 0.2) is 0 Å². The van der Waals surface area contributed by atoms with E-state index in [9.17, 15) is 0 Å². The van der Waals surface area contributed by atoms with Crippen LogP contribution in [0.15, 0.2) is 22.7 Å². The van der Waals surface area contributed by atoms with Crippen LogP contribution in [0.25, 0.3) is 0 Å². The van der Waals surface area contributed by atoms with Gasteiger partial charge in [0.2, 0.25) is 0 Å². The minimum absolute atomic E-state index is 0.0572. The monoisotopic (exact) mass is 322 g/mol. The highest BCUT2D eigenvalue weighted by atomic mass is 79.9. The molecular weight excluding hydrogens is 300 g/mol. The van der Waals surface area contributed by atoms with Gasteiger partial charge in [0.05, 0.1) is 12.0 Å². The molecule has 3 heteroatoms. The zero-order valence-electron chi connectivity index (χ0n) is 12.3. The van der Waals surface area contributed by atoms with E-state index in [0.717, 1.165) is 24.0 Å². The van der Waals surface area contributed by atoms with E-state index < -0.39 is 0 Å². The second-order valence-corrected chi connectivity index (χ2v) is 6.62. The SMILES string of the molecule is CCC(C#N)CNCC(C)(C)c1cc(Br)ccc1C. The van der Waals surface area contributed by atoms with E-state index in [1.807, 2.05) is 0 Å². The first kappa shape index (κ1) is 16.2. The van der Waals surface area contributed by atoms with E-state index in [-0.39, 0.29) is 11.3 Å². The highest BCUT2D eigenvalue weighted by molar-refractivity contribution is 9.10. The average Bonchev–Trinajstić information content (AvgIpc) is 2.37. The minimum Gasteiger partial charge on any atom is -0.315 e. The molecule has 0 amide bonds. The number of nitriles is 1. The molecule has 1 rings (SSSR count). The Morgan fingerprint density at radius 1 is 1.42 bits per heavy atom. The van der Waals surface area contributed by atoms with Crippen LogP contribution in [0.2, 0.25) is 0 Å². The Kier molecular flexibility index (Phi) is 6.03. The topological polar surface area (TPSA) is 35.8 Å². The number of hydrogen-bond acceptors (Lipinski definition) is 2. The quantitative estimate of drug-likeness (QED) is 0.853. The van der Waals surface area contributed by atoms with Crippen molar-refractivity contribution in [2.45, 2.75) is 39.5 Å². The van der Waals surface area contributed by atoms with Crippen molar-refractivity contribution in [3.63, 3.8) is 0 Å². The lowest BCUT2D eigenvalue weighted by atomic mass is 9.82. The lowest BCUT2D eigenvalue weighted by Crippen LogP contribution is -2.35. The van der Waals surface area contributed by atoms with E-state index in [1.54, 1.807) is 0 Å². The van der Waals surface area contributed by atoms with Gasteiger partial charge in [0.25, 0.3) is 0 Å². The molecule has 0 spiro atoms. The molecule has 0 bridgehead atoms. The van der Waals surface area contributed by atoms with E-state index in [1.165, 1.54) is 11.1 Å². The molecule has 0 aliphatic heterocycles. The molecule has 1 aromatic rings. The predicted octanol–water partition coefficient (Wildman–Crippen LogP) is 4.17. The van der Waals surface area contributed by atoms with Crippen LogP contribution in [0.4, 0.5) is 0 Å². The Morgan fingerprint density at radius 3 is 2.68 bits per heavy atom. The van der Waals surface area contributed by atoms with Crippen molar-refractivity contribution < 1.29 is 0 Å². The van der Waals surface area contributed by atoms with Crippen molar-refractivity contribution in [3.8, 4) is 6.07 Å². The number of nitrogens with one attached hydrogen (secondary N) is 1. The minimum atomic E-state index is 0.0572. The van der Waals surface area contributed by atoms with Crippen LogP contribution in [0, 0.1) is 24.2 Å². The number of rotatable bonds is 6. The smallest absolute Gasteiger partial charge is 0.0669 e. The predicted molar refractivity (Wildman–Crippen MR) is 84.2 cm³/mol. The number of benzene rings is 1. The molecule has 0 aliphatic rings. The van der Waals surface area contributed by atoms with Crippen LogP contribution < -0.4 is 5.32 Å². The fourth-order valence-electron chi connectivity index (χ4n) is 2.26. The van der Waals surface area contributed by atoms with Gasteiger partial charge in [-0.25, -0.2) is 0 Å². The molecule has 0 fully saturated rings. The van der Waals surface area contributed by atoms with Crippen molar-refractivity contribution in [1.82, 2.24) is 5.32 Å². The van der Waals surface area contributed by atoms with Crippen LogP contribution >= 0.6 is 15.9 Å². The molecule has 1 N–H and O–H groups in total. The first-order valence-corrected chi connectivity index (χ1v) is 7.57. The molecule has 0 aliphatic carbocycles. The van der Waals surface area contributed by atoms with Gasteiger partial charge in [-0.3, -0.25) is 0 Å². The summed E-state index contributed by atoms with van der Waals surface area (Å²) in [7, 11) is 0. The summed E-state index contributed by atoms with van der Waals surface area (Å²) in [4.78, 5) is 0. The molecular formula is C16H23BrN2. The molecule has 0 aromatic heterocycles. The molecule has 0 saturated heterocycles. The fourth-order valence-corrected chi connectivity index (χ4v) is 2.62. The highest BCUT2D eigenvalue weighted by Crippen LogP contribution is 2.28. The number of nitrogens with zero attached hydrogens (tertiary/aromatic N) is 1. The molecule has 0 radical (unpaired) electrons. The van der Waals surface area contributed by atoms with Crippen LogP contribution in [0.5, 0.6) is 0 Å². The van der Waals surface area contributed by atoms with E-state index >= 15 is 0 Å². The Bertz CT molecular complexity index is 460. The molecule has 1 unspecified atom stereocenters. The van der Waals surface area contributed by atoms with Gasteiger partial charge in [-0.15, -0.1) is 0 Å². The van der Waals surface area contributed by atoms with Crippen molar-refractivity contribution in [2.75, 3.05) is 13.1 Å². The van der Waals surface area contributed by atoms with Crippen molar-refractivity contribution in [3.05, 3.63) is 33.8 Å². The largest absolute Gasteiger partial charge is 0.315 e. The summed E-state index contributed by atoms with van der Waals surface area (Å²) in [5.41, 5.74) is 2.71. The lowest BCUT2D eigenvalue weighted by Gasteiger charge is -2.28. The van der Waals surface area contributed by atoms with Gasteiger partial charge in [-0.2, -0.15) is 5.26 Å². The van der Waals surface area contributed by atoms with Gasteiger partial charge in [0, 0.05) is 23.0 Å². The molecule has 2 nitrogen and oxygen atoms in total. The summed E-state index contributed by atoms with van der Waals surface area (Å²) in [6.45, 7) is 10.3. The molecule has 19 heavy (non-hydrogen) atoms. The Labute approximate surface area is 125 Å². The summed E-state index contributed by atoms with van der Waals surface area (Å²) < 4.78 is 1.12. The van der Waals surface area contributed by atoms with Gasteiger partial charge in [-0.1, -0.05) is 42.8 Å². The van der Waals surface area contributed by atoms with Gasteiger partial charge >= 0.3 is 0 Å². The van der Waals surface area contributed by atoms with E-state index in [0.29, 0.717) is 0 Å². The summed E-state index contributed by atoms with van der Waals surface area (Å²) in [5, 5.41) is 12.4.